The Labute approximate surface area is 156 Å². The van der Waals surface area contributed by atoms with Gasteiger partial charge in [-0.15, -0.1) is 0 Å². The van der Waals surface area contributed by atoms with Crippen molar-refractivity contribution in [3.63, 3.8) is 0 Å². The summed E-state index contributed by atoms with van der Waals surface area (Å²) in [7, 11) is 0. The fraction of sp³-hybridized carbons (Fsp3) is 0.0455. The van der Waals surface area contributed by atoms with Crippen LogP contribution in [0.1, 0.15) is 16.7 Å². The maximum atomic E-state index is 6.30. The number of nitrogens with zero attached hydrogens (tertiary/aromatic N) is 1. The smallest absolute Gasteiger partial charge is 0.0671 e. The van der Waals surface area contributed by atoms with Crippen LogP contribution in [0.3, 0.4) is 0 Å². The lowest BCUT2D eigenvalue weighted by Crippen LogP contribution is -2.04. The second kappa shape index (κ2) is 8.45. The quantitative estimate of drug-likeness (QED) is 0.578. The van der Waals surface area contributed by atoms with Gasteiger partial charge >= 0.3 is 0 Å². The van der Waals surface area contributed by atoms with Crippen molar-refractivity contribution in [3.8, 4) is 0 Å². The molecule has 0 heterocycles. The molecule has 0 aliphatic rings. The maximum absolute atomic E-state index is 6.30. The summed E-state index contributed by atoms with van der Waals surface area (Å²) < 4.78 is 1.06. The molecule has 3 rings (SSSR count). The highest BCUT2D eigenvalue weighted by molar-refractivity contribution is 9.10. The van der Waals surface area contributed by atoms with Crippen molar-refractivity contribution in [2.75, 3.05) is 0 Å². The molecule has 0 radical (unpaired) electrons. The lowest BCUT2D eigenvalue weighted by molar-refractivity contribution is 1.07. The lowest BCUT2D eigenvalue weighted by Gasteiger charge is -2.06. The molecule has 0 fully saturated rings. The van der Waals surface area contributed by atoms with Gasteiger partial charge in [0.05, 0.1) is 12.3 Å². The highest BCUT2D eigenvalue weighted by atomic mass is 79.9. The molecule has 0 aliphatic carbocycles. The van der Waals surface area contributed by atoms with Crippen LogP contribution in [0, 0.1) is 0 Å². The first-order chi connectivity index (χ1) is 12.2. The highest BCUT2D eigenvalue weighted by Crippen LogP contribution is 2.15. The molecule has 0 saturated heterocycles. The Bertz CT molecular complexity index is 884. The van der Waals surface area contributed by atoms with Crippen LogP contribution in [0.15, 0.2) is 100 Å². The van der Waals surface area contributed by atoms with Gasteiger partial charge in [-0.05, 0) is 34.9 Å². The summed E-state index contributed by atoms with van der Waals surface area (Å²) in [5, 5.41) is 0. The zero-order chi connectivity index (χ0) is 17.5. The van der Waals surface area contributed by atoms with E-state index >= 15 is 0 Å². The van der Waals surface area contributed by atoms with E-state index in [9.17, 15) is 0 Å². The van der Waals surface area contributed by atoms with E-state index in [1.807, 2.05) is 66.7 Å². The molecule has 3 aromatic rings. The first-order valence-corrected chi connectivity index (χ1v) is 8.88. The van der Waals surface area contributed by atoms with Gasteiger partial charge in [0.2, 0.25) is 0 Å². The van der Waals surface area contributed by atoms with Crippen molar-refractivity contribution < 1.29 is 0 Å². The molecule has 124 valence electrons. The van der Waals surface area contributed by atoms with Crippen LogP contribution in [-0.4, -0.2) is 5.71 Å². The molecule has 0 atom stereocenters. The molecule has 0 saturated carbocycles. The number of halogens is 1. The molecule has 2 N–H and O–H groups in total. The molecule has 25 heavy (non-hydrogen) atoms. The average Bonchev–Trinajstić information content (AvgIpc) is 2.66. The number of aliphatic imine (C=N–C) groups is 1. The summed E-state index contributed by atoms with van der Waals surface area (Å²) in [6.07, 6.45) is 1.95. The highest BCUT2D eigenvalue weighted by Gasteiger charge is 2.03. The fourth-order valence-corrected chi connectivity index (χ4v) is 2.95. The van der Waals surface area contributed by atoms with Crippen LogP contribution in [0.4, 0.5) is 0 Å². The molecule has 3 aromatic carbocycles. The van der Waals surface area contributed by atoms with Gasteiger partial charge in [0, 0.05) is 10.2 Å². The minimum atomic E-state index is 0.599. The van der Waals surface area contributed by atoms with Crippen LogP contribution in [-0.2, 0) is 6.54 Å². The zero-order valence-corrected chi connectivity index (χ0v) is 15.4. The number of hydrogen-bond acceptors (Lipinski definition) is 2. The van der Waals surface area contributed by atoms with Crippen LogP contribution >= 0.6 is 15.9 Å². The third kappa shape index (κ3) is 4.91. The summed E-state index contributed by atoms with van der Waals surface area (Å²) in [4.78, 5) is 4.81. The van der Waals surface area contributed by atoms with Crippen molar-refractivity contribution in [2.24, 2.45) is 10.7 Å². The zero-order valence-electron chi connectivity index (χ0n) is 13.8. The van der Waals surface area contributed by atoms with Gasteiger partial charge in [0.1, 0.15) is 0 Å². The monoisotopic (exact) mass is 390 g/mol. The third-order valence-electron chi connectivity index (χ3n) is 3.79. The predicted octanol–water partition coefficient (Wildman–Crippen LogP) is 5.44. The fourth-order valence-electron chi connectivity index (χ4n) is 2.50. The molecule has 0 bridgehead atoms. The Kier molecular flexibility index (Phi) is 5.81. The minimum Gasteiger partial charge on any atom is -0.398 e. The Morgan fingerprint density at radius 3 is 2.12 bits per heavy atom. The van der Waals surface area contributed by atoms with E-state index in [-0.39, 0.29) is 0 Å². The van der Waals surface area contributed by atoms with E-state index in [1.54, 1.807) is 0 Å². The first kappa shape index (κ1) is 17.2. The number of nitrogens with two attached hydrogens (primary N) is 1. The lowest BCUT2D eigenvalue weighted by atomic mass is 10.1. The van der Waals surface area contributed by atoms with Crippen molar-refractivity contribution in [1.29, 1.82) is 0 Å². The second-order valence-corrected chi connectivity index (χ2v) is 6.58. The number of hydrogen-bond donors (Lipinski definition) is 1. The summed E-state index contributed by atoms with van der Waals surface area (Å²) in [6, 6.07) is 28.3. The second-order valence-electron chi connectivity index (χ2n) is 5.66. The average molecular weight is 391 g/mol. The van der Waals surface area contributed by atoms with E-state index in [4.69, 9.17) is 10.7 Å². The molecular formula is C22H19BrN2. The predicted molar refractivity (Wildman–Crippen MR) is 109 cm³/mol. The van der Waals surface area contributed by atoms with Gasteiger partial charge in [-0.1, -0.05) is 88.7 Å². The normalized spacial score (nSPS) is 12.2. The molecule has 0 unspecified atom stereocenters. The van der Waals surface area contributed by atoms with Gasteiger partial charge in [-0.2, -0.15) is 0 Å². The van der Waals surface area contributed by atoms with Crippen LogP contribution in [0.5, 0.6) is 0 Å². The van der Waals surface area contributed by atoms with Gasteiger partial charge in [0.15, 0.2) is 0 Å². The molecular weight excluding hydrogens is 372 g/mol. The SMILES string of the molecule is N/C(=C\C(=NCc1cccc(Br)c1)c1ccccc1)c1ccccc1. The van der Waals surface area contributed by atoms with Crippen LogP contribution < -0.4 is 5.73 Å². The van der Waals surface area contributed by atoms with Gasteiger partial charge in [0.25, 0.3) is 0 Å². The Balaban J connectivity index is 1.94. The topological polar surface area (TPSA) is 38.4 Å². The molecule has 0 aromatic heterocycles. The van der Waals surface area contributed by atoms with E-state index in [2.05, 4.69) is 40.2 Å². The van der Waals surface area contributed by atoms with Gasteiger partial charge < -0.3 is 5.73 Å². The number of benzene rings is 3. The number of allylic oxidation sites excluding steroid dienone is 1. The molecule has 0 amide bonds. The summed E-state index contributed by atoms with van der Waals surface area (Å²) in [5.41, 5.74) is 11.1. The van der Waals surface area contributed by atoms with E-state index in [0.29, 0.717) is 12.2 Å². The van der Waals surface area contributed by atoms with Crippen molar-refractivity contribution in [1.82, 2.24) is 0 Å². The van der Waals surface area contributed by atoms with Gasteiger partial charge in [-0.25, -0.2) is 0 Å². The van der Waals surface area contributed by atoms with Crippen molar-refractivity contribution in [3.05, 3.63) is 112 Å². The molecule has 3 heteroatoms. The van der Waals surface area contributed by atoms with Crippen molar-refractivity contribution >= 4 is 27.3 Å². The Morgan fingerprint density at radius 1 is 0.840 bits per heavy atom. The van der Waals surface area contributed by atoms with Crippen molar-refractivity contribution in [2.45, 2.75) is 6.54 Å². The molecule has 0 spiro atoms. The standard InChI is InChI=1S/C22H19BrN2/c23-20-13-7-8-17(14-20)16-25-22(19-11-5-2-6-12-19)15-21(24)18-9-3-1-4-10-18/h1-15H,16,24H2/b21-15-,25-22?. The summed E-state index contributed by atoms with van der Waals surface area (Å²) in [6.45, 7) is 0.599. The first-order valence-electron chi connectivity index (χ1n) is 8.09. The van der Waals surface area contributed by atoms with E-state index in [0.717, 1.165) is 26.9 Å². The summed E-state index contributed by atoms with van der Waals surface area (Å²) >= 11 is 3.50. The van der Waals surface area contributed by atoms with Crippen LogP contribution in [0.2, 0.25) is 0 Å². The third-order valence-corrected chi connectivity index (χ3v) is 4.28. The van der Waals surface area contributed by atoms with E-state index in [1.165, 1.54) is 0 Å². The number of rotatable bonds is 5. The molecule has 0 aliphatic heterocycles. The molecule has 2 nitrogen and oxygen atoms in total. The Hall–Kier alpha value is -2.65. The largest absolute Gasteiger partial charge is 0.398 e. The van der Waals surface area contributed by atoms with Gasteiger partial charge in [-0.3, -0.25) is 4.99 Å². The Morgan fingerprint density at radius 2 is 1.48 bits per heavy atom. The summed E-state index contributed by atoms with van der Waals surface area (Å²) in [5.74, 6) is 0. The maximum Gasteiger partial charge on any atom is 0.0671 e. The minimum absolute atomic E-state index is 0.599. The van der Waals surface area contributed by atoms with E-state index < -0.39 is 0 Å². The van der Waals surface area contributed by atoms with Crippen LogP contribution in [0.25, 0.3) is 5.70 Å².